The standard InChI is InChI=1S/C21H22N2O3S/c1-3-26-19(24)9-6-14-23-17-7-4-5-8-18(17)27-21(23)22-20(25)16-12-10-15(2)11-13-16/h4-5,7-8,10-13H,3,6,9,14H2,1-2H3. The summed E-state index contributed by atoms with van der Waals surface area (Å²) in [5, 5.41) is 0. The van der Waals surface area contributed by atoms with Crippen LogP contribution >= 0.6 is 11.3 Å². The predicted octanol–water partition coefficient (Wildman–Crippen LogP) is 4.10. The van der Waals surface area contributed by atoms with Gasteiger partial charge in [-0.2, -0.15) is 4.99 Å². The third kappa shape index (κ3) is 4.71. The van der Waals surface area contributed by atoms with Crippen LogP contribution in [0.3, 0.4) is 0 Å². The molecule has 27 heavy (non-hydrogen) atoms. The Morgan fingerprint density at radius 1 is 1.11 bits per heavy atom. The highest BCUT2D eigenvalue weighted by molar-refractivity contribution is 7.16. The molecule has 3 rings (SSSR count). The highest BCUT2D eigenvalue weighted by Crippen LogP contribution is 2.17. The van der Waals surface area contributed by atoms with Gasteiger partial charge in [-0.1, -0.05) is 41.2 Å². The number of carbonyl (C=O) groups excluding carboxylic acids is 2. The van der Waals surface area contributed by atoms with Crippen LogP contribution in [0.4, 0.5) is 0 Å². The van der Waals surface area contributed by atoms with Crippen LogP contribution in [0.15, 0.2) is 53.5 Å². The molecule has 0 spiro atoms. The molecule has 1 heterocycles. The lowest BCUT2D eigenvalue weighted by Gasteiger charge is -2.05. The third-order valence-electron chi connectivity index (χ3n) is 4.15. The summed E-state index contributed by atoms with van der Waals surface area (Å²) in [6.45, 7) is 4.77. The lowest BCUT2D eigenvalue weighted by molar-refractivity contribution is -0.143. The molecule has 1 amide bonds. The summed E-state index contributed by atoms with van der Waals surface area (Å²) in [6.07, 6.45) is 0.974. The molecule has 1 aromatic heterocycles. The number of para-hydroxylation sites is 1. The Bertz CT molecular complexity index is 1020. The van der Waals surface area contributed by atoms with E-state index in [2.05, 4.69) is 4.99 Å². The van der Waals surface area contributed by atoms with Crippen molar-refractivity contribution in [3.8, 4) is 0 Å². The van der Waals surface area contributed by atoms with Crippen LogP contribution in [0.1, 0.15) is 35.7 Å². The SMILES string of the molecule is CCOC(=O)CCCn1c(=NC(=O)c2ccc(C)cc2)sc2ccccc21. The van der Waals surface area contributed by atoms with Crippen molar-refractivity contribution in [2.45, 2.75) is 33.2 Å². The molecular formula is C21H22N2O3S. The number of hydrogen-bond acceptors (Lipinski definition) is 4. The molecule has 0 saturated carbocycles. The number of thiazole rings is 1. The van der Waals surface area contributed by atoms with Gasteiger partial charge in [0.25, 0.3) is 5.91 Å². The average molecular weight is 382 g/mol. The first-order chi connectivity index (χ1) is 13.1. The molecule has 0 unspecified atom stereocenters. The van der Waals surface area contributed by atoms with Crippen LogP contribution < -0.4 is 4.80 Å². The van der Waals surface area contributed by atoms with E-state index in [0.29, 0.717) is 36.4 Å². The summed E-state index contributed by atoms with van der Waals surface area (Å²) in [4.78, 5) is 29.2. The van der Waals surface area contributed by atoms with Crippen molar-refractivity contribution in [2.75, 3.05) is 6.61 Å². The third-order valence-corrected chi connectivity index (χ3v) is 5.21. The summed E-state index contributed by atoms with van der Waals surface area (Å²) >= 11 is 1.48. The number of fused-ring (bicyclic) bond motifs is 1. The molecule has 0 aliphatic rings. The molecule has 3 aromatic rings. The molecule has 0 N–H and O–H groups in total. The summed E-state index contributed by atoms with van der Waals surface area (Å²) < 4.78 is 8.05. The fraction of sp³-hybridized carbons (Fsp3) is 0.286. The largest absolute Gasteiger partial charge is 0.466 e. The number of carbonyl (C=O) groups is 2. The van der Waals surface area contributed by atoms with Gasteiger partial charge in [0.1, 0.15) is 0 Å². The van der Waals surface area contributed by atoms with Gasteiger partial charge in [-0.15, -0.1) is 0 Å². The van der Waals surface area contributed by atoms with Gasteiger partial charge in [-0.3, -0.25) is 9.59 Å². The zero-order valence-corrected chi connectivity index (χ0v) is 16.3. The fourth-order valence-electron chi connectivity index (χ4n) is 2.78. The minimum Gasteiger partial charge on any atom is -0.466 e. The minimum absolute atomic E-state index is 0.202. The van der Waals surface area contributed by atoms with Crippen molar-refractivity contribution in [3.05, 3.63) is 64.5 Å². The first-order valence-corrected chi connectivity index (χ1v) is 9.80. The van der Waals surface area contributed by atoms with Crippen LogP contribution in [0, 0.1) is 6.92 Å². The number of aryl methyl sites for hydroxylation is 2. The molecule has 0 aliphatic heterocycles. The Morgan fingerprint density at radius 2 is 1.85 bits per heavy atom. The second-order valence-corrected chi connectivity index (χ2v) is 7.20. The number of rotatable bonds is 6. The van der Waals surface area contributed by atoms with Crippen LogP contribution in [0.25, 0.3) is 10.2 Å². The maximum atomic E-state index is 12.6. The second-order valence-electron chi connectivity index (χ2n) is 6.20. The Hall–Kier alpha value is -2.73. The molecule has 6 heteroatoms. The van der Waals surface area contributed by atoms with Crippen LogP contribution in [-0.4, -0.2) is 23.1 Å². The Kier molecular flexibility index (Phi) is 6.19. The molecule has 2 aromatic carbocycles. The zero-order chi connectivity index (χ0) is 19.2. The number of amides is 1. The molecule has 0 bridgehead atoms. The predicted molar refractivity (Wildman–Crippen MR) is 107 cm³/mol. The number of aromatic nitrogens is 1. The second kappa shape index (κ2) is 8.77. The van der Waals surface area contributed by atoms with Crippen molar-refractivity contribution < 1.29 is 14.3 Å². The first-order valence-electron chi connectivity index (χ1n) is 8.98. The van der Waals surface area contributed by atoms with Gasteiger partial charge in [-0.05, 0) is 44.5 Å². The molecule has 0 radical (unpaired) electrons. The van der Waals surface area contributed by atoms with E-state index in [9.17, 15) is 9.59 Å². The van der Waals surface area contributed by atoms with Crippen LogP contribution in [0.2, 0.25) is 0 Å². The lowest BCUT2D eigenvalue weighted by Crippen LogP contribution is -2.18. The van der Waals surface area contributed by atoms with E-state index in [0.717, 1.165) is 15.8 Å². The number of nitrogens with zero attached hydrogens (tertiary/aromatic N) is 2. The highest BCUT2D eigenvalue weighted by atomic mass is 32.1. The Balaban J connectivity index is 1.90. The summed E-state index contributed by atoms with van der Waals surface area (Å²) in [5.41, 5.74) is 2.68. The van der Waals surface area contributed by atoms with E-state index in [1.165, 1.54) is 11.3 Å². The summed E-state index contributed by atoms with van der Waals surface area (Å²) in [7, 11) is 0. The van der Waals surface area contributed by atoms with Crippen molar-refractivity contribution in [1.82, 2.24) is 4.57 Å². The Labute approximate surface area is 161 Å². The number of benzene rings is 2. The number of esters is 1. The molecule has 5 nitrogen and oxygen atoms in total. The fourth-order valence-corrected chi connectivity index (χ4v) is 3.84. The quantitative estimate of drug-likeness (QED) is 0.603. The van der Waals surface area contributed by atoms with Crippen molar-refractivity contribution in [1.29, 1.82) is 0 Å². The molecule has 0 saturated heterocycles. The van der Waals surface area contributed by atoms with E-state index >= 15 is 0 Å². The van der Waals surface area contributed by atoms with Gasteiger partial charge in [0.15, 0.2) is 4.80 Å². The molecule has 140 valence electrons. The zero-order valence-electron chi connectivity index (χ0n) is 15.5. The smallest absolute Gasteiger partial charge is 0.305 e. The van der Waals surface area contributed by atoms with E-state index in [-0.39, 0.29) is 11.9 Å². The maximum absolute atomic E-state index is 12.6. The molecule has 0 atom stereocenters. The van der Waals surface area contributed by atoms with Crippen LogP contribution in [0.5, 0.6) is 0 Å². The van der Waals surface area contributed by atoms with E-state index in [1.54, 1.807) is 19.1 Å². The maximum Gasteiger partial charge on any atom is 0.305 e. The van der Waals surface area contributed by atoms with Crippen molar-refractivity contribution >= 4 is 33.4 Å². The van der Waals surface area contributed by atoms with Gasteiger partial charge in [0.05, 0.1) is 16.8 Å². The number of hydrogen-bond donors (Lipinski definition) is 0. The van der Waals surface area contributed by atoms with Crippen molar-refractivity contribution in [3.63, 3.8) is 0 Å². The average Bonchev–Trinajstić information content (AvgIpc) is 3.00. The monoisotopic (exact) mass is 382 g/mol. The number of ether oxygens (including phenoxy) is 1. The van der Waals surface area contributed by atoms with Gasteiger partial charge < -0.3 is 9.30 Å². The van der Waals surface area contributed by atoms with E-state index in [1.807, 2.05) is 47.9 Å². The van der Waals surface area contributed by atoms with Gasteiger partial charge in [0.2, 0.25) is 0 Å². The summed E-state index contributed by atoms with van der Waals surface area (Å²) in [6, 6.07) is 15.3. The highest BCUT2D eigenvalue weighted by Gasteiger charge is 2.10. The van der Waals surface area contributed by atoms with Crippen molar-refractivity contribution in [2.24, 2.45) is 4.99 Å². The lowest BCUT2D eigenvalue weighted by atomic mass is 10.1. The minimum atomic E-state index is -0.263. The summed E-state index contributed by atoms with van der Waals surface area (Å²) in [5.74, 6) is -0.465. The Morgan fingerprint density at radius 3 is 2.59 bits per heavy atom. The van der Waals surface area contributed by atoms with Crippen LogP contribution in [-0.2, 0) is 16.1 Å². The van der Waals surface area contributed by atoms with Gasteiger partial charge in [-0.25, -0.2) is 0 Å². The molecule has 0 fully saturated rings. The molecule has 0 aliphatic carbocycles. The first kappa shape index (κ1) is 19.0. The van der Waals surface area contributed by atoms with E-state index < -0.39 is 0 Å². The van der Waals surface area contributed by atoms with E-state index in [4.69, 9.17) is 4.74 Å². The van der Waals surface area contributed by atoms with Gasteiger partial charge in [0, 0.05) is 18.5 Å². The topological polar surface area (TPSA) is 60.7 Å². The van der Waals surface area contributed by atoms with Gasteiger partial charge >= 0.3 is 5.97 Å². The molecular weight excluding hydrogens is 360 g/mol. The normalized spacial score (nSPS) is 11.7.